The van der Waals surface area contributed by atoms with Gasteiger partial charge in [-0.15, -0.1) is 0 Å². The number of aliphatic carboxylic acids is 1. The van der Waals surface area contributed by atoms with Crippen LogP contribution in [-0.2, 0) is 9.59 Å². The van der Waals surface area contributed by atoms with E-state index in [4.69, 9.17) is 5.73 Å². The zero-order chi connectivity index (χ0) is 15.5. The number of nitrogen functional groups attached to an aromatic ring is 1. The van der Waals surface area contributed by atoms with Crippen LogP contribution in [0.25, 0.3) is 0 Å². The molecule has 1 saturated carbocycles. The highest BCUT2D eigenvalue weighted by atomic mass is 16.4. The molecule has 1 atom stereocenters. The molecule has 1 fully saturated rings. The first-order chi connectivity index (χ1) is 9.93. The molecule has 5 nitrogen and oxygen atoms in total. The number of anilines is 1. The second kappa shape index (κ2) is 6.16. The molecule has 1 amide bonds. The second-order valence-corrected chi connectivity index (χ2v) is 5.99. The number of amides is 1. The van der Waals surface area contributed by atoms with Crippen molar-refractivity contribution in [2.45, 2.75) is 38.5 Å². The smallest absolute Gasteiger partial charge is 0.311 e. The van der Waals surface area contributed by atoms with Crippen LogP contribution in [0, 0.1) is 5.41 Å². The van der Waals surface area contributed by atoms with Crippen LogP contribution in [0.3, 0.4) is 0 Å². The number of nitrogens with one attached hydrogen (secondary N) is 1. The first-order valence-electron chi connectivity index (χ1n) is 7.28. The molecule has 1 aliphatic carbocycles. The lowest BCUT2D eigenvalue weighted by Crippen LogP contribution is -2.47. The molecule has 1 aromatic carbocycles. The molecule has 4 N–H and O–H groups in total. The Labute approximate surface area is 124 Å². The van der Waals surface area contributed by atoms with Crippen molar-refractivity contribution in [3.05, 3.63) is 29.8 Å². The lowest BCUT2D eigenvalue weighted by Gasteiger charge is -2.37. The molecule has 5 heteroatoms. The third kappa shape index (κ3) is 3.54. The Balaban J connectivity index is 1.84. The van der Waals surface area contributed by atoms with Gasteiger partial charge in [0, 0.05) is 18.7 Å². The van der Waals surface area contributed by atoms with Crippen LogP contribution in [0.5, 0.6) is 0 Å². The normalized spacial score (nSPS) is 17.6. The number of carbonyl (C=O) groups is 2. The number of hydrogen-bond acceptors (Lipinski definition) is 3. The highest BCUT2D eigenvalue weighted by Gasteiger charge is 2.44. The number of carboxylic acid groups (broad SMARTS) is 1. The van der Waals surface area contributed by atoms with Crippen LogP contribution >= 0.6 is 0 Å². The molecular weight excluding hydrogens is 268 g/mol. The lowest BCUT2D eigenvalue weighted by molar-refractivity contribution is -0.154. The summed E-state index contributed by atoms with van der Waals surface area (Å²) in [5, 5.41) is 12.0. The minimum absolute atomic E-state index is 0.0766. The van der Waals surface area contributed by atoms with Gasteiger partial charge < -0.3 is 16.2 Å². The Kier molecular flexibility index (Phi) is 4.50. The van der Waals surface area contributed by atoms with Gasteiger partial charge in [-0.25, -0.2) is 0 Å². The molecule has 0 bridgehead atoms. The number of benzene rings is 1. The van der Waals surface area contributed by atoms with Gasteiger partial charge >= 0.3 is 5.97 Å². The number of carboxylic acids is 1. The monoisotopic (exact) mass is 290 g/mol. The van der Waals surface area contributed by atoms with Gasteiger partial charge in [-0.3, -0.25) is 9.59 Å². The average molecular weight is 290 g/mol. The fourth-order valence-corrected chi connectivity index (χ4v) is 2.63. The summed E-state index contributed by atoms with van der Waals surface area (Å²) in [6.07, 6.45) is 2.57. The summed E-state index contributed by atoms with van der Waals surface area (Å²) in [6.45, 7) is 2.21. The number of hydrogen-bond donors (Lipinski definition) is 3. The van der Waals surface area contributed by atoms with E-state index in [1.807, 2.05) is 31.2 Å². The summed E-state index contributed by atoms with van der Waals surface area (Å²) in [5.74, 6) is -0.833. The van der Waals surface area contributed by atoms with E-state index in [1.54, 1.807) is 0 Å². The first-order valence-corrected chi connectivity index (χ1v) is 7.28. The fourth-order valence-electron chi connectivity index (χ4n) is 2.63. The number of rotatable bonds is 6. The van der Waals surface area contributed by atoms with Gasteiger partial charge in [-0.2, -0.15) is 0 Å². The molecular formula is C16H22N2O3. The van der Waals surface area contributed by atoms with Crippen LogP contribution in [0.2, 0.25) is 0 Å². The molecule has 21 heavy (non-hydrogen) atoms. The summed E-state index contributed by atoms with van der Waals surface area (Å²) in [7, 11) is 0. The van der Waals surface area contributed by atoms with Crippen LogP contribution in [-0.4, -0.2) is 23.5 Å². The highest BCUT2D eigenvalue weighted by molar-refractivity contribution is 5.80. The Bertz CT molecular complexity index is 521. The van der Waals surface area contributed by atoms with E-state index in [9.17, 15) is 14.7 Å². The molecule has 114 valence electrons. The molecule has 0 spiro atoms. The Hall–Kier alpha value is -2.04. The zero-order valence-electron chi connectivity index (χ0n) is 12.3. The number of carbonyl (C=O) groups excluding carboxylic acids is 1. The minimum Gasteiger partial charge on any atom is -0.481 e. The van der Waals surface area contributed by atoms with Gasteiger partial charge in [0.1, 0.15) is 0 Å². The maximum atomic E-state index is 12.0. The average Bonchev–Trinajstić information content (AvgIpc) is 2.37. The van der Waals surface area contributed by atoms with Crippen molar-refractivity contribution in [1.82, 2.24) is 5.32 Å². The SMILES string of the molecule is CC(CC(=O)NCC1(C(=O)O)CCC1)c1ccc(N)cc1. The van der Waals surface area contributed by atoms with Crippen molar-refractivity contribution in [3.8, 4) is 0 Å². The van der Waals surface area contributed by atoms with Crippen molar-refractivity contribution in [1.29, 1.82) is 0 Å². The number of nitrogens with two attached hydrogens (primary N) is 1. The maximum Gasteiger partial charge on any atom is 0.311 e. The predicted octanol–water partition coefficient (Wildman–Crippen LogP) is 2.13. The van der Waals surface area contributed by atoms with E-state index in [1.165, 1.54) is 0 Å². The van der Waals surface area contributed by atoms with E-state index in [0.29, 0.717) is 24.9 Å². The molecule has 0 heterocycles. The van der Waals surface area contributed by atoms with E-state index >= 15 is 0 Å². The van der Waals surface area contributed by atoms with Crippen LogP contribution < -0.4 is 11.1 Å². The minimum atomic E-state index is -0.805. The molecule has 0 saturated heterocycles. The van der Waals surface area contributed by atoms with Gasteiger partial charge in [0.05, 0.1) is 5.41 Å². The second-order valence-electron chi connectivity index (χ2n) is 5.99. The van der Waals surface area contributed by atoms with Crippen molar-refractivity contribution in [2.24, 2.45) is 5.41 Å². The van der Waals surface area contributed by atoms with Gasteiger partial charge in [0.25, 0.3) is 0 Å². The molecule has 2 rings (SSSR count). The fraction of sp³-hybridized carbons (Fsp3) is 0.500. The summed E-state index contributed by atoms with van der Waals surface area (Å²) in [4.78, 5) is 23.2. The molecule has 1 aliphatic rings. The maximum absolute atomic E-state index is 12.0. The van der Waals surface area contributed by atoms with Gasteiger partial charge in [-0.05, 0) is 36.5 Å². The Morgan fingerprint density at radius 1 is 1.33 bits per heavy atom. The summed E-state index contributed by atoms with van der Waals surface area (Å²) in [5.41, 5.74) is 6.65. The van der Waals surface area contributed by atoms with Gasteiger partial charge in [-0.1, -0.05) is 25.5 Å². The Morgan fingerprint density at radius 3 is 2.43 bits per heavy atom. The van der Waals surface area contributed by atoms with Crippen molar-refractivity contribution >= 4 is 17.6 Å². The van der Waals surface area contributed by atoms with Crippen molar-refractivity contribution in [3.63, 3.8) is 0 Å². The third-order valence-electron chi connectivity index (χ3n) is 4.39. The summed E-state index contributed by atoms with van der Waals surface area (Å²) >= 11 is 0. The van der Waals surface area contributed by atoms with Gasteiger partial charge in [0.2, 0.25) is 5.91 Å². The molecule has 1 aromatic rings. The van der Waals surface area contributed by atoms with Crippen LogP contribution in [0.15, 0.2) is 24.3 Å². The van der Waals surface area contributed by atoms with E-state index in [-0.39, 0.29) is 18.4 Å². The third-order valence-corrected chi connectivity index (χ3v) is 4.39. The molecule has 0 radical (unpaired) electrons. The van der Waals surface area contributed by atoms with Crippen LogP contribution in [0.1, 0.15) is 44.1 Å². The lowest BCUT2D eigenvalue weighted by atomic mass is 9.69. The van der Waals surface area contributed by atoms with E-state index in [2.05, 4.69) is 5.32 Å². The zero-order valence-corrected chi connectivity index (χ0v) is 12.3. The van der Waals surface area contributed by atoms with Crippen molar-refractivity contribution < 1.29 is 14.7 Å². The first kappa shape index (κ1) is 15.4. The summed E-state index contributed by atoms with van der Waals surface area (Å²) in [6, 6.07) is 7.46. The summed E-state index contributed by atoms with van der Waals surface area (Å²) < 4.78 is 0. The molecule has 0 aliphatic heterocycles. The van der Waals surface area contributed by atoms with E-state index < -0.39 is 11.4 Å². The standard InChI is InChI=1S/C16H22N2O3/c1-11(12-3-5-13(17)6-4-12)9-14(19)18-10-16(15(20)21)7-2-8-16/h3-6,11H,2,7-10,17H2,1H3,(H,18,19)(H,20,21). The molecule has 1 unspecified atom stereocenters. The van der Waals surface area contributed by atoms with Crippen LogP contribution in [0.4, 0.5) is 5.69 Å². The van der Waals surface area contributed by atoms with Gasteiger partial charge in [0.15, 0.2) is 0 Å². The Morgan fingerprint density at radius 2 is 1.95 bits per heavy atom. The quantitative estimate of drug-likeness (QED) is 0.700. The molecule has 0 aromatic heterocycles. The highest BCUT2D eigenvalue weighted by Crippen LogP contribution is 2.40. The predicted molar refractivity (Wildman–Crippen MR) is 80.8 cm³/mol. The van der Waals surface area contributed by atoms with Crippen molar-refractivity contribution in [2.75, 3.05) is 12.3 Å². The largest absolute Gasteiger partial charge is 0.481 e. The van der Waals surface area contributed by atoms with E-state index in [0.717, 1.165) is 12.0 Å². The topological polar surface area (TPSA) is 92.4 Å².